The maximum Gasteiger partial charge on any atom is 0.0554 e. The van der Waals surface area contributed by atoms with Crippen LogP contribution in [0.5, 0.6) is 0 Å². The molecule has 2 N–H and O–H groups in total. The van der Waals surface area contributed by atoms with Gasteiger partial charge in [0, 0.05) is 31.1 Å². The summed E-state index contributed by atoms with van der Waals surface area (Å²) in [6, 6.07) is 0.715. The Morgan fingerprint density at radius 1 is 1.55 bits per heavy atom. The summed E-state index contributed by atoms with van der Waals surface area (Å²) in [4.78, 5) is 0. The summed E-state index contributed by atoms with van der Waals surface area (Å²) < 4.78 is 5.17. The minimum absolute atomic E-state index is 0.426. The highest BCUT2D eigenvalue weighted by Crippen LogP contribution is 2.25. The molecular formula is C8H16N2O. The summed E-state index contributed by atoms with van der Waals surface area (Å²) in [5.41, 5.74) is 0.426. The lowest BCUT2D eigenvalue weighted by molar-refractivity contribution is -0.100. The molecule has 0 radical (unpaired) electrons. The molecule has 2 saturated heterocycles. The van der Waals surface area contributed by atoms with Crippen LogP contribution in [-0.2, 0) is 4.74 Å². The second-order valence-corrected chi connectivity index (χ2v) is 4.04. The Bertz CT molecular complexity index is 141. The fraction of sp³-hybridized carbons (Fsp3) is 1.00. The maximum absolute atomic E-state index is 5.17. The molecule has 3 heteroatoms. The van der Waals surface area contributed by atoms with Crippen LogP contribution in [0.25, 0.3) is 0 Å². The van der Waals surface area contributed by atoms with Crippen molar-refractivity contribution in [2.24, 2.45) is 5.41 Å². The van der Waals surface area contributed by atoms with Crippen molar-refractivity contribution in [2.75, 3.05) is 32.8 Å². The van der Waals surface area contributed by atoms with Gasteiger partial charge in [0.1, 0.15) is 0 Å². The second kappa shape index (κ2) is 2.73. The summed E-state index contributed by atoms with van der Waals surface area (Å²) >= 11 is 0. The van der Waals surface area contributed by atoms with Gasteiger partial charge in [-0.3, -0.25) is 0 Å². The smallest absolute Gasteiger partial charge is 0.0554 e. The molecule has 0 bridgehead atoms. The van der Waals surface area contributed by atoms with Crippen molar-refractivity contribution in [3.8, 4) is 0 Å². The van der Waals surface area contributed by atoms with E-state index in [0.717, 1.165) is 32.8 Å². The zero-order chi connectivity index (χ0) is 7.73. The zero-order valence-corrected chi connectivity index (χ0v) is 7.02. The van der Waals surface area contributed by atoms with Crippen molar-refractivity contribution in [1.82, 2.24) is 10.6 Å². The van der Waals surface area contributed by atoms with Crippen LogP contribution in [0, 0.1) is 5.41 Å². The van der Waals surface area contributed by atoms with E-state index in [1.54, 1.807) is 0 Å². The van der Waals surface area contributed by atoms with Gasteiger partial charge in [0.05, 0.1) is 13.2 Å². The molecule has 3 nitrogen and oxygen atoms in total. The van der Waals surface area contributed by atoms with Gasteiger partial charge < -0.3 is 15.4 Å². The van der Waals surface area contributed by atoms with E-state index in [2.05, 4.69) is 17.6 Å². The normalized spacial score (nSPS) is 29.2. The highest BCUT2D eigenvalue weighted by Gasteiger charge is 2.34. The molecule has 2 heterocycles. The van der Waals surface area contributed by atoms with Crippen molar-refractivity contribution in [1.29, 1.82) is 0 Å². The Labute approximate surface area is 67.5 Å². The fourth-order valence-electron chi connectivity index (χ4n) is 1.38. The number of hydrogen-bond acceptors (Lipinski definition) is 3. The maximum atomic E-state index is 5.17. The first-order valence-electron chi connectivity index (χ1n) is 4.30. The predicted molar refractivity (Wildman–Crippen MR) is 43.6 cm³/mol. The van der Waals surface area contributed by atoms with E-state index in [9.17, 15) is 0 Å². The van der Waals surface area contributed by atoms with Gasteiger partial charge in [-0.2, -0.15) is 0 Å². The van der Waals surface area contributed by atoms with Crippen LogP contribution in [-0.4, -0.2) is 38.9 Å². The third-order valence-corrected chi connectivity index (χ3v) is 2.50. The molecule has 0 spiro atoms. The lowest BCUT2D eigenvalue weighted by atomic mass is 9.88. The van der Waals surface area contributed by atoms with E-state index in [0.29, 0.717) is 11.5 Å². The lowest BCUT2D eigenvalue weighted by Crippen LogP contribution is -2.59. The Hall–Kier alpha value is -0.120. The first-order valence-corrected chi connectivity index (χ1v) is 4.30. The van der Waals surface area contributed by atoms with E-state index in [4.69, 9.17) is 4.74 Å². The summed E-state index contributed by atoms with van der Waals surface area (Å²) in [6.07, 6.45) is 0. The quantitative estimate of drug-likeness (QED) is 0.582. The van der Waals surface area contributed by atoms with E-state index in [1.807, 2.05) is 0 Å². The van der Waals surface area contributed by atoms with Crippen LogP contribution in [0.2, 0.25) is 0 Å². The van der Waals surface area contributed by atoms with Crippen molar-refractivity contribution >= 4 is 0 Å². The molecule has 0 atom stereocenters. The molecule has 0 aromatic heterocycles. The standard InChI is InChI=1S/C8H16N2O/c1-8(5-11-6-8)4-10-7-2-9-3-7/h7,9-10H,2-6H2,1H3. The highest BCUT2D eigenvalue weighted by atomic mass is 16.5. The van der Waals surface area contributed by atoms with Crippen LogP contribution in [0.3, 0.4) is 0 Å². The fourth-order valence-corrected chi connectivity index (χ4v) is 1.38. The molecular weight excluding hydrogens is 140 g/mol. The monoisotopic (exact) mass is 156 g/mol. The van der Waals surface area contributed by atoms with Gasteiger partial charge in [-0.05, 0) is 0 Å². The van der Waals surface area contributed by atoms with Gasteiger partial charge >= 0.3 is 0 Å². The average molecular weight is 156 g/mol. The summed E-state index contributed by atoms with van der Waals surface area (Å²) in [7, 11) is 0. The average Bonchev–Trinajstić information content (AvgIpc) is 1.81. The summed E-state index contributed by atoms with van der Waals surface area (Å²) in [5.74, 6) is 0. The van der Waals surface area contributed by atoms with Gasteiger partial charge in [-0.1, -0.05) is 6.92 Å². The molecule has 64 valence electrons. The first kappa shape index (κ1) is 7.53. The van der Waals surface area contributed by atoms with Crippen molar-refractivity contribution in [2.45, 2.75) is 13.0 Å². The number of hydrogen-bond donors (Lipinski definition) is 2. The predicted octanol–water partition coefficient (Wildman–Crippen LogP) is -0.416. The lowest BCUT2D eigenvalue weighted by Gasteiger charge is -2.40. The number of rotatable bonds is 3. The molecule has 11 heavy (non-hydrogen) atoms. The summed E-state index contributed by atoms with van der Waals surface area (Å²) in [6.45, 7) is 7.52. The van der Waals surface area contributed by atoms with Gasteiger partial charge in [0.25, 0.3) is 0 Å². The molecule has 0 saturated carbocycles. The van der Waals surface area contributed by atoms with Crippen LogP contribution >= 0.6 is 0 Å². The van der Waals surface area contributed by atoms with Gasteiger partial charge in [-0.15, -0.1) is 0 Å². The molecule has 2 rings (SSSR count). The van der Waals surface area contributed by atoms with Gasteiger partial charge in [-0.25, -0.2) is 0 Å². The highest BCUT2D eigenvalue weighted by molar-refractivity contribution is 4.88. The van der Waals surface area contributed by atoms with Crippen LogP contribution < -0.4 is 10.6 Å². The zero-order valence-electron chi connectivity index (χ0n) is 7.02. The number of nitrogens with one attached hydrogen (secondary N) is 2. The minimum Gasteiger partial charge on any atom is -0.380 e. The van der Waals surface area contributed by atoms with Crippen molar-refractivity contribution in [3.63, 3.8) is 0 Å². The third-order valence-electron chi connectivity index (χ3n) is 2.50. The molecule has 0 unspecified atom stereocenters. The molecule has 0 aliphatic carbocycles. The Kier molecular flexibility index (Phi) is 1.87. The van der Waals surface area contributed by atoms with E-state index < -0.39 is 0 Å². The third kappa shape index (κ3) is 1.55. The van der Waals surface area contributed by atoms with Crippen molar-refractivity contribution in [3.05, 3.63) is 0 Å². The van der Waals surface area contributed by atoms with E-state index in [1.165, 1.54) is 0 Å². The Balaban J connectivity index is 1.64. The largest absolute Gasteiger partial charge is 0.380 e. The van der Waals surface area contributed by atoms with Crippen LogP contribution in [0.1, 0.15) is 6.92 Å². The molecule has 2 aliphatic rings. The minimum atomic E-state index is 0.426. The molecule has 0 aromatic rings. The van der Waals surface area contributed by atoms with Gasteiger partial charge in [0.15, 0.2) is 0 Å². The van der Waals surface area contributed by atoms with Gasteiger partial charge in [0.2, 0.25) is 0 Å². The summed E-state index contributed by atoms with van der Waals surface area (Å²) in [5, 5.41) is 6.76. The molecule has 2 aliphatic heterocycles. The van der Waals surface area contributed by atoms with Crippen molar-refractivity contribution < 1.29 is 4.74 Å². The molecule has 0 aromatic carbocycles. The first-order chi connectivity index (χ1) is 5.29. The van der Waals surface area contributed by atoms with Crippen LogP contribution in [0.15, 0.2) is 0 Å². The Morgan fingerprint density at radius 3 is 2.64 bits per heavy atom. The topological polar surface area (TPSA) is 33.3 Å². The second-order valence-electron chi connectivity index (χ2n) is 4.04. The number of ether oxygens (including phenoxy) is 1. The molecule has 0 amide bonds. The van der Waals surface area contributed by atoms with Crippen LogP contribution in [0.4, 0.5) is 0 Å². The Morgan fingerprint density at radius 2 is 2.27 bits per heavy atom. The van der Waals surface area contributed by atoms with E-state index in [-0.39, 0.29) is 0 Å². The molecule has 2 fully saturated rings. The van der Waals surface area contributed by atoms with E-state index >= 15 is 0 Å². The SMILES string of the molecule is CC1(CNC2CNC2)COC1.